The largest absolute Gasteiger partial charge is 0.490 e. The molecule has 4 N–H and O–H groups in total. The van der Waals surface area contributed by atoms with Crippen molar-refractivity contribution in [1.29, 1.82) is 0 Å². The third-order valence-corrected chi connectivity index (χ3v) is 3.13. The van der Waals surface area contributed by atoms with Crippen molar-refractivity contribution in [1.82, 2.24) is 4.98 Å². The second-order valence-electron chi connectivity index (χ2n) is 4.94. The first-order valence-corrected chi connectivity index (χ1v) is 7.29. The maximum atomic E-state index is 12.6. The van der Waals surface area contributed by atoms with Gasteiger partial charge in [0.05, 0.1) is 23.1 Å². The minimum absolute atomic E-state index is 0.0760. The van der Waals surface area contributed by atoms with Crippen LogP contribution in [0.4, 0.5) is 37.7 Å². The average molecular weight is 430 g/mol. The predicted molar refractivity (Wildman–Crippen MR) is 86.7 cm³/mol. The molecule has 0 saturated heterocycles. The van der Waals surface area contributed by atoms with Gasteiger partial charge in [0.25, 0.3) is 5.91 Å². The standard InChI is InChI=1S/C13H9ClF3N3O.C2HF3O2/c14-11-10(18)5-9(6-19-11)20-12(21)7-2-1-3-8(4-7)13(15,16)17;3-2(4,5)1(6)7/h1-6H,18H2,(H,20,21);(H,6,7). The molecule has 1 amide bonds. The summed E-state index contributed by atoms with van der Waals surface area (Å²) in [6.07, 6.45) is -8.34. The molecule has 0 atom stereocenters. The zero-order valence-electron chi connectivity index (χ0n) is 13.4. The molecule has 0 fully saturated rings. The van der Waals surface area contributed by atoms with Crippen LogP contribution in [-0.4, -0.2) is 28.1 Å². The molecule has 152 valence electrons. The summed E-state index contributed by atoms with van der Waals surface area (Å²) in [7, 11) is 0. The summed E-state index contributed by atoms with van der Waals surface area (Å²) < 4.78 is 69.5. The number of alkyl halides is 6. The zero-order chi connectivity index (χ0) is 21.7. The summed E-state index contributed by atoms with van der Waals surface area (Å²) in [6, 6.07) is 5.45. The Kier molecular flexibility index (Phi) is 7.22. The molecule has 28 heavy (non-hydrogen) atoms. The number of aliphatic carboxylic acids is 1. The van der Waals surface area contributed by atoms with Gasteiger partial charge in [-0.3, -0.25) is 4.79 Å². The number of carbonyl (C=O) groups excluding carboxylic acids is 1. The molecule has 0 aliphatic heterocycles. The quantitative estimate of drug-likeness (QED) is 0.489. The van der Waals surface area contributed by atoms with Gasteiger partial charge in [-0.2, -0.15) is 26.3 Å². The number of rotatable bonds is 2. The molecule has 1 aromatic heterocycles. The van der Waals surface area contributed by atoms with Crippen LogP contribution in [0.5, 0.6) is 0 Å². The zero-order valence-corrected chi connectivity index (χ0v) is 14.2. The number of nitrogens with zero attached hydrogens (tertiary/aromatic N) is 1. The summed E-state index contributed by atoms with van der Waals surface area (Å²) in [4.78, 5) is 24.5. The lowest BCUT2D eigenvalue weighted by Gasteiger charge is -2.09. The van der Waals surface area contributed by atoms with Crippen LogP contribution < -0.4 is 11.1 Å². The van der Waals surface area contributed by atoms with Crippen molar-refractivity contribution in [3.05, 3.63) is 52.8 Å². The third-order valence-electron chi connectivity index (χ3n) is 2.82. The lowest BCUT2D eigenvalue weighted by atomic mass is 10.1. The maximum absolute atomic E-state index is 12.6. The summed E-state index contributed by atoms with van der Waals surface area (Å²) in [6.45, 7) is 0. The van der Waals surface area contributed by atoms with E-state index in [2.05, 4.69) is 10.3 Å². The Morgan fingerprint density at radius 2 is 1.68 bits per heavy atom. The van der Waals surface area contributed by atoms with Gasteiger partial charge >= 0.3 is 18.3 Å². The Labute approximate surface area is 157 Å². The average Bonchev–Trinajstić information content (AvgIpc) is 2.57. The molecule has 0 saturated carbocycles. The normalized spacial score (nSPS) is 11.2. The highest BCUT2D eigenvalue weighted by Crippen LogP contribution is 2.29. The van der Waals surface area contributed by atoms with Crippen LogP contribution in [0.1, 0.15) is 15.9 Å². The number of nitrogens with two attached hydrogens (primary N) is 1. The molecule has 0 unspecified atom stereocenters. The summed E-state index contributed by atoms with van der Waals surface area (Å²) >= 11 is 5.63. The second-order valence-corrected chi connectivity index (χ2v) is 5.30. The Bertz CT molecular complexity index is 871. The number of nitrogen functional groups attached to an aromatic ring is 1. The van der Waals surface area contributed by atoms with E-state index >= 15 is 0 Å². The summed E-state index contributed by atoms with van der Waals surface area (Å²) in [5.74, 6) is -3.46. The number of amides is 1. The molecule has 2 aromatic rings. The number of aromatic nitrogens is 1. The molecule has 6 nitrogen and oxygen atoms in total. The van der Waals surface area contributed by atoms with E-state index in [4.69, 9.17) is 27.2 Å². The van der Waals surface area contributed by atoms with Crippen LogP contribution in [0, 0.1) is 0 Å². The van der Waals surface area contributed by atoms with E-state index in [0.717, 1.165) is 18.2 Å². The molecule has 13 heteroatoms. The Balaban J connectivity index is 0.000000480. The van der Waals surface area contributed by atoms with Gasteiger partial charge in [-0.05, 0) is 24.3 Å². The monoisotopic (exact) mass is 429 g/mol. The van der Waals surface area contributed by atoms with Crippen LogP contribution in [0.3, 0.4) is 0 Å². The summed E-state index contributed by atoms with van der Waals surface area (Å²) in [5, 5.41) is 9.60. The number of hydrogen-bond acceptors (Lipinski definition) is 4. The molecule has 2 rings (SSSR count). The van der Waals surface area contributed by atoms with Crippen molar-refractivity contribution < 1.29 is 41.0 Å². The van der Waals surface area contributed by atoms with Gasteiger partial charge in [0.1, 0.15) is 0 Å². The fraction of sp³-hybridized carbons (Fsp3) is 0.133. The van der Waals surface area contributed by atoms with Crippen molar-refractivity contribution in [3.63, 3.8) is 0 Å². The molecular formula is C15H10ClF6N3O3. The van der Waals surface area contributed by atoms with Gasteiger partial charge in [0.15, 0.2) is 5.15 Å². The first-order chi connectivity index (χ1) is 12.7. The number of benzene rings is 1. The van der Waals surface area contributed by atoms with Crippen molar-refractivity contribution >= 4 is 34.9 Å². The number of halogens is 7. The van der Waals surface area contributed by atoms with E-state index in [1.165, 1.54) is 18.3 Å². The lowest BCUT2D eigenvalue weighted by molar-refractivity contribution is -0.192. The molecule has 0 spiro atoms. The highest BCUT2D eigenvalue weighted by Gasteiger charge is 2.38. The molecule has 0 radical (unpaired) electrons. The minimum Gasteiger partial charge on any atom is -0.475 e. The fourth-order valence-electron chi connectivity index (χ4n) is 1.57. The van der Waals surface area contributed by atoms with Crippen LogP contribution in [-0.2, 0) is 11.0 Å². The first-order valence-electron chi connectivity index (χ1n) is 6.91. The molecule has 1 aromatic carbocycles. The Hall–Kier alpha value is -3.02. The molecule has 0 aliphatic carbocycles. The fourth-order valence-corrected chi connectivity index (χ4v) is 1.68. The molecule has 0 aliphatic rings. The number of carboxylic acid groups (broad SMARTS) is 1. The lowest BCUT2D eigenvalue weighted by Crippen LogP contribution is -2.21. The second kappa shape index (κ2) is 8.78. The molecular weight excluding hydrogens is 420 g/mol. The third kappa shape index (κ3) is 6.95. The number of carboxylic acids is 1. The van der Waals surface area contributed by atoms with Crippen molar-refractivity contribution in [2.75, 3.05) is 11.1 Å². The SMILES string of the molecule is Nc1cc(NC(=O)c2cccc(C(F)(F)F)c2)cnc1Cl.O=C(O)C(F)(F)F. The number of hydrogen-bond donors (Lipinski definition) is 3. The van der Waals surface area contributed by atoms with Gasteiger partial charge in [0, 0.05) is 5.56 Å². The van der Waals surface area contributed by atoms with E-state index in [1.807, 2.05) is 0 Å². The minimum atomic E-state index is -5.08. The maximum Gasteiger partial charge on any atom is 0.490 e. The van der Waals surface area contributed by atoms with Gasteiger partial charge in [-0.1, -0.05) is 17.7 Å². The van der Waals surface area contributed by atoms with E-state index in [0.29, 0.717) is 0 Å². The van der Waals surface area contributed by atoms with Crippen LogP contribution in [0.2, 0.25) is 5.15 Å². The Morgan fingerprint density at radius 3 is 2.14 bits per heavy atom. The number of nitrogens with one attached hydrogen (secondary N) is 1. The highest BCUT2D eigenvalue weighted by atomic mass is 35.5. The first kappa shape index (κ1) is 23.0. The van der Waals surface area contributed by atoms with E-state index < -0.39 is 29.8 Å². The number of anilines is 2. The summed E-state index contributed by atoms with van der Waals surface area (Å²) in [5.41, 5.74) is 4.88. The smallest absolute Gasteiger partial charge is 0.475 e. The van der Waals surface area contributed by atoms with Crippen LogP contribution >= 0.6 is 11.6 Å². The van der Waals surface area contributed by atoms with Crippen LogP contribution in [0.25, 0.3) is 0 Å². The van der Waals surface area contributed by atoms with E-state index in [1.54, 1.807) is 0 Å². The van der Waals surface area contributed by atoms with Crippen molar-refractivity contribution in [2.45, 2.75) is 12.4 Å². The predicted octanol–water partition coefficient (Wildman–Crippen LogP) is 4.22. The van der Waals surface area contributed by atoms with Gasteiger partial charge in [-0.15, -0.1) is 0 Å². The molecule has 0 bridgehead atoms. The Morgan fingerprint density at radius 1 is 1.11 bits per heavy atom. The van der Waals surface area contributed by atoms with E-state index in [-0.39, 0.29) is 22.1 Å². The van der Waals surface area contributed by atoms with Gasteiger partial charge < -0.3 is 16.2 Å². The topological polar surface area (TPSA) is 105 Å². The van der Waals surface area contributed by atoms with E-state index in [9.17, 15) is 31.1 Å². The number of pyridine rings is 1. The number of carbonyl (C=O) groups is 2. The van der Waals surface area contributed by atoms with Gasteiger partial charge in [0.2, 0.25) is 0 Å². The van der Waals surface area contributed by atoms with Crippen molar-refractivity contribution in [2.24, 2.45) is 0 Å². The van der Waals surface area contributed by atoms with Crippen molar-refractivity contribution in [3.8, 4) is 0 Å². The molecule has 1 heterocycles. The highest BCUT2D eigenvalue weighted by molar-refractivity contribution is 6.31. The van der Waals surface area contributed by atoms with Crippen LogP contribution in [0.15, 0.2) is 36.5 Å². The van der Waals surface area contributed by atoms with Gasteiger partial charge in [-0.25, -0.2) is 9.78 Å².